The summed E-state index contributed by atoms with van der Waals surface area (Å²) in [6.07, 6.45) is 4.21. The maximum atomic E-state index is 11.8. The summed E-state index contributed by atoms with van der Waals surface area (Å²) >= 11 is 0. The Morgan fingerprint density at radius 2 is 2.07 bits per heavy atom. The molecule has 9 nitrogen and oxygen atoms in total. The number of fused-ring (bicyclic) bond motifs is 1. The smallest absolute Gasteiger partial charge is 0.306 e. The number of carbonyl (C=O) groups is 1. The van der Waals surface area contributed by atoms with E-state index in [2.05, 4.69) is 15.3 Å². The lowest BCUT2D eigenvalue weighted by Gasteiger charge is -2.17. The fourth-order valence-electron chi connectivity index (χ4n) is 4.19. The van der Waals surface area contributed by atoms with Crippen molar-refractivity contribution in [3.05, 3.63) is 18.6 Å². The van der Waals surface area contributed by atoms with Gasteiger partial charge in [-0.2, -0.15) is 0 Å². The van der Waals surface area contributed by atoms with Gasteiger partial charge in [-0.1, -0.05) is 26.7 Å². The van der Waals surface area contributed by atoms with Crippen LogP contribution in [0.5, 0.6) is 0 Å². The molecule has 1 aliphatic carbocycles. The summed E-state index contributed by atoms with van der Waals surface area (Å²) in [6.45, 7) is 3.73. The van der Waals surface area contributed by atoms with E-state index in [1.807, 2.05) is 19.9 Å². The number of carbonyl (C=O) groups excluding carboxylic acids is 1. The van der Waals surface area contributed by atoms with Crippen molar-refractivity contribution in [1.82, 2.24) is 14.5 Å². The molecular formula is C21H30N4O5. The van der Waals surface area contributed by atoms with E-state index in [9.17, 15) is 15.0 Å². The van der Waals surface area contributed by atoms with Gasteiger partial charge in [0.15, 0.2) is 11.9 Å². The molecule has 0 unspecified atom stereocenters. The second-order valence-corrected chi connectivity index (χ2v) is 8.64. The van der Waals surface area contributed by atoms with Crippen molar-refractivity contribution in [2.75, 3.05) is 11.9 Å². The Labute approximate surface area is 175 Å². The summed E-state index contributed by atoms with van der Waals surface area (Å²) in [5, 5.41) is 24.5. The van der Waals surface area contributed by atoms with Crippen molar-refractivity contribution in [3.8, 4) is 0 Å². The van der Waals surface area contributed by atoms with Gasteiger partial charge in [-0.05, 0) is 24.8 Å². The van der Waals surface area contributed by atoms with Gasteiger partial charge in [0.05, 0.1) is 12.0 Å². The topological polar surface area (TPSA) is 119 Å². The highest BCUT2D eigenvalue weighted by atomic mass is 16.6. The molecule has 0 spiro atoms. The Hall–Kier alpha value is -2.23. The summed E-state index contributed by atoms with van der Waals surface area (Å²) in [5.41, 5.74) is 2.16. The molecule has 0 radical (unpaired) electrons. The molecule has 4 atom stereocenters. The van der Waals surface area contributed by atoms with E-state index in [-0.39, 0.29) is 18.5 Å². The number of aliphatic hydroxyl groups excluding tert-OH is 2. The van der Waals surface area contributed by atoms with Gasteiger partial charge in [0.2, 0.25) is 0 Å². The van der Waals surface area contributed by atoms with E-state index >= 15 is 0 Å². The lowest BCUT2D eigenvalue weighted by molar-refractivity contribution is -0.150. The highest BCUT2D eigenvalue weighted by molar-refractivity contribution is 5.85. The predicted molar refractivity (Wildman–Crippen MR) is 110 cm³/mol. The number of nitrogens with one attached hydrogen (secondary N) is 1. The lowest BCUT2D eigenvalue weighted by Crippen LogP contribution is -2.34. The summed E-state index contributed by atoms with van der Waals surface area (Å²) in [5.74, 6) is -0.170. The molecule has 9 heteroatoms. The number of hydrogen-bond donors (Lipinski definition) is 3. The summed E-state index contributed by atoms with van der Waals surface area (Å²) in [6, 6.07) is 2.33. The number of rotatable bonds is 7. The normalized spacial score (nSPS) is 27.2. The first-order chi connectivity index (χ1) is 14.4. The van der Waals surface area contributed by atoms with Gasteiger partial charge in [-0.25, -0.2) is 9.97 Å². The Bertz CT molecular complexity index is 879. The predicted octanol–water partition coefficient (Wildman–Crippen LogP) is 1.99. The molecule has 0 bridgehead atoms. The van der Waals surface area contributed by atoms with Gasteiger partial charge in [-0.15, -0.1) is 0 Å². The van der Waals surface area contributed by atoms with Crippen molar-refractivity contribution in [3.63, 3.8) is 0 Å². The molecule has 2 aliphatic rings. The Morgan fingerprint density at radius 1 is 1.30 bits per heavy atom. The van der Waals surface area contributed by atoms with Gasteiger partial charge in [-0.3, -0.25) is 9.36 Å². The molecular weight excluding hydrogens is 388 g/mol. The highest BCUT2D eigenvalue weighted by Crippen LogP contribution is 2.33. The van der Waals surface area contributed by atoms with Crippen molar-refractivity contribution >= 4 is 22.8 Å². The van der Waals surface area contributed by atoms with Crippen LogP contribution in [0.15, 0.2) is 18.6 Å². The Kier molecular flexibility index (Phi) is 6.21. The third-order valence-electron chi connectivity index (χ3n) is 5.77. The maximum absolute atomic E-state index is 11.8. The summed E-state index contributed by atoms with van der Waals surface area (Å²) in [7, 11) is 0. The minimum Gasteiger partial charge on any atom is -0.463 e. The number of aromatic nitrogens is 3. The number of pyridine rings is 1. The highest BCUT2D eigenvalue weighted by Gasteiger charge is 2.45. The first kappa shape index (κ1) is 21.0. The van der Waals surface area contributed by atoms with Gasteiger partial charge >= 0.3 is 5.97 Å². The maximum Gasteiger partial charge on any atom is 0.306 e. The number of anilines is 1. The van der Waals surface area contributed by atoms with Crippen LogP contribution in [0.3, 0.4) is 0 Å². The van der Waals surface area contributed by atoms with Crippen LogP contribution in [-0.2, 0) is 14.3 Å². The van der Waals surface area contributed by atoms with Crippen LogP contribution in [0.25, 0.3) is 11.2 Å². The van der Waals surface area contributed by atoms with Crippen LogP contribution in [-0.4, -0.2) is 61.7 Å². The largest absolute Gasteiger partial charge is 0.463 e. The van der Waals surface area contributed by atoms with E-state index in [1.165, 1.54) is 12.8 Å². The summed E-state index contributed by atoms with van der Waals surface area (Å²) < 4.78 is 12.7. The summed E-state index contributed by atoms with van der Waals surface area (Å²) in [4.78, 5) is 20.7. The van der Waals surface area contributed by atoms with Crippen LogP contribution < -0.4 is 5.32 Å². The number of esters is 1. The molecule has 0 aromatic carbocycles. The molecule has 1 aliphatic heterocycles. The molecule has 2 aromatic heterocycles. The van der Waals surface area contributed by atoms with Gasteiger partial charge in [0, 0.05) is 18.7 Å². The van der Waals surface area contributed by atoms with Crippen LogP contribution in [0.4, 0.5) is 5.69 Å². The fraction of sp³-hybridized carbons (Fsp3) is 0.667. The van der Waals surface area contributed by atoms with Crippen molar-refractivity contribution in [2.24, 2.45) is 5.92 Å². The monoisotopic (exact) mass is 418 g/mol. The quantitative estimate of drug-likeness (QED) is 0.584. The van der Waals surface area contributed by atoms with Crippen LogP contribution >= 0.6 is 0 Å². The van der Waals surface area contributed by atoms with E-state index in [4.69, 9.17) is 9.47 Å². The molecule has 164 valence electrons. The third kappa shape index (κ3) is 4.28. The van der Waals surface area contributed by atoms with Crippen molar-refractivity contribution in [2.45, 2.75) is 76.5 Å². The van der Waals surface area contributed by atoms with E-state index < -0.39 is 24.5 Å². The molecule has 2 aromatic rings. The fourth-order valence-corrected chi connectivity index (χ4v) is 4.19. The first-order valence-corrected chi connectivity index (χ1v) is 10.7. The number of imidazole rings is 1. The van der Waals surface area contributed by atoms with Crippen molar-refractivity contribution in [1.29, 1.82) is 0 Å². The van der Waals surface area contributed by atoms with Gasteiger partial charge < -0.3 is 25.0 Å². The SMILES string of the molecule is CC(C)CC(=O)OC[C@H]1O[C@@H](n2cnc3c(NC4CCCC4)ccnc32)[C@H](O)[C@@H]1O. The zero-order chi connectivity index (χ0) is 21.3. The standard InChI is InChI=1S/C21H30N4O5/c1-12(2)9-16(26)29-10-15-18(27)19(28)21(30-15)25-11-23-17-14(7-8-22-20(17)25)24-13-5-3-4-6-13/h7-8,11-13,15,18-19,21,27-28H,3-6,9-10H2,1-2H3,(H,22,24)/t15-,18-,19-,21-/m1/s1. The zero-order valence-corrected chi connectivity index (χ0v) is 17.4. The molecule has 0 amide bonds. The van der Waals surface area contributed by atoms with Gasteiger partial charge in [0.25, 0.3) is 0 Å². The minimum atomic E-state index is -1.19. The average Bonchev–Trinajstić information content (AvgIpc) is 3.42. The Morgan fingerprint density at radius 3 is 2.80 bits per heavy atom. The molecule has 30 heavy (non-hydrogen) atoms. The molecule has 3 N–H and O–H groups in total. The number of ether oxygens (including phenoxy) is 2. The van der Waals surface area contributed by atoms with Crippen molar-refractivity contribution < 1.29 is 24.5 Å². The minimum absolute atomic E-state index is 0.116. The number of hydrogen-bond acceptors (Lipinski definition) is 8. The van der Waals surface area contributed by atoms with Crippen LogP contribution in [0.1, 0.15) is 52.2 Å². The molecule has 4 rings (SSSR count). The molecule has 2 fully saturated rings. The molecule has 1 saturated heterocycles. The third-order valence-corrected chi connectivity index (χ3v) is 5.77. The van der Waals surface area contributed by atoms with Crippen LogP contribution in [0.2, 0.25) is 0 Å². The zero-order valence-electron chi connectivity index (χ0n) is 17.4. The van der Waals surface area contributed by atoms with E-state index in [0.717, 1.165) is 18.5 Å². The Balaban J connectivity index is 1.48. The lowest BCUT2D eigenvalue weighted by atomic mass is 10.1. The first-order valence-electron chi connectivity index (χ1n) is 10.7. The molecule has 1 saturated carbocycles. The second-order valence-electron chi connectivity index (χ2n) is 8.64. The number of nitrogens with zero attached hydrogens (tertiary/aromatic N) is 3. The van der Waals surface area contributed by atoms with Gasteiger partial charge in [0.1, 0.15) is 30.4 Å². The van der Waals surface area contributed by atoms with E-state index in [0.29, 0.717) is 23.6 Å². The number of aliphatic hydroxyl groups is 2. The average molecular weight is 418 g/mol. The second kappa shape index (κ2) is 8.87. The van der Waals surface area contributed by atoms with Crippen LogP contribution in [0, 0.1) is 5.92 Å². The van der Waals surface area contributed by atoms with E-state index in [1.54, 1.807) is 17.1 Å². The molecule has 3 heterocycles.